The summed E-state index contributed by atoms with van der Waals surface area (Å²) in [6, 6.07) is 14.5. The molecule has 6 nitrogen and oxygen atoms in total. The molecule has 1 amide bonds. The van der Waals surface area contributed by atoms with E-state index in [2.05, 4.69) is 30.1 Å². The number of anilines is 1. The predicted octanol–water partition coefficient (Wildman–Crippen LogP) is 5.09. The van der Waals surface area contributed by atoms with Crippen LogP contribution in [0, 0.1) is 5.92 Å². The maximum atomic E-state index is 12.6. The summed E-state index contributed by atoms with van der Waals surface area (Å²) >= 11 is 7.67. The van der Waals surface area contributed by atoms with Crippen molar-refractivity contribution in [1.82, 2.24) is 9.88 Å². The average molecular weight is 504 g/mol. The van der Waals surface area contributed by atoms with Crippen LogP contribution in [0.5, 0.6) is 0 Å². The molecule has 0 bridgehead atoms. The molecular weight excluding hydrogens is 478 g/mol. The number of nitrogens with zero attached hydrogens (tertiary/aromatic N) is 2. The van der Waals surface area contributed by atoms with Gasteiger partial charge in [0.05, 0.1) is 23.1 Å². The first-order chi connectivity index (χ1) is 15.6. The van der Waals surface area contributed by atoms with E-state index in [0.29, 0.717) is 11.0 Å². The summed E-state index contributed by atoms with van der Waals surface area (Å²) in [7, 11) is -3.25. The molecule has 9 heteroatoms. The van der Waals surface area contributed by atoms with Gasteiger partial charge in [0.1, 0.15) is 0 Å². The summed E-state index contributed by atoms with van der Waals surface area (Å²) in [6.45, 7) is 5.94. The average Bonchev–Trinajstić information content (AvgIpc) is 3.23. The quantitative estimate of drug-likeness (QED) is 0.485. The van der Waals surface area contributed by atoms with Crippen molar-refractivity contribution in [3.63, 3.8) is 0 Å². The third-order valence-corrected chi connectivity index (χ3v) is 7.95. The van der Waals surface area contributed by atoms with Crippen LogP contribution in [-0.4, -0.2) is 30.5 Å². The van der Waals surface area contributed by atoms with Gasteiger partial charge >= 0.3 is 0 Å². The van der Waals surface area contributed by atoms with Crippen molar-refractivity contribution in [2.24, 2.45) is 5.92 Å². The summed E-state index contributed by atoms with van der Waals surface area (Å²) in [5, 5.41) is 4.25. The van der Waals surface area contributed by atoms with Gasteiger partial charge in [-0.1, -0.05) is 49.7 Å². The van der Waals surface area contributed by atoms with Gasteiger partial charge in [-0.15, -0.1) is 11.3 Å². The molecule has 0 spiro atoms. The zero-order valence-corrected chi connectivity index (χ0v) is 21.1. The lowest BCUT2D eigenvalue weighted by Gasteiger charge is -2.27. The van der Waals surface area contributed by atoms with Crippen LogP contribution >= 0.6 is 22.9 Å². The molecule has 2 aromatic carbocycles. The highest BCUT2D eigenvalue weighted by atomic mass is 35.5. The molecule has 1 aliphatic rings. The second kappa shape index (κ2) is 9.54. The number of carbonyl (C=O) groups is 1. The number of benzene rings is 2. The minimum absolute atomic E-state index is 0.156. The van der Waals surface area contributed by atoms with Gasteiger partial charge in [-0.05, 0) is 41.3 Å². The Labute approximate surface area is 203 Å². The Balaban J connectivity index is 1.43. The van der Waals surface area contributed by atoms with Crippen LogP contribution in [0.3, 0.4) is 0 Å². The maximum absolute atomic E-state index is 12.6. The first-order valence-electron chi connectivity index (χ1n) is 10.7. The Morgan fingerprint density at radius 3 is 2.58 bits per heavy atom. The monoisotopic (exact) mass is 503 g/mol. The number of sulfone groups is 1. The largest absolute Gasteiger partial charge is 0.302 e. The van der Waals surface area contributed by atoms with Gasteiger partial charge in [-0.2, -0.15) is 0 Å². The number of aromatic nitrogens is 1. The van der Waals surface area contributed by atoms with E-state index in [-0.39, 0.29) is 23.3 Å². The number of nitrogens with one attached hydrogen (secondary N) is 1. The highest BCUT2D eigenvalue weighted by Crippen LogP contribution is 2.43. The van der Waals surface area contributed by atoms with Crippen LogP contribution in [0.2, 0.25) is 5.02 Å². The van der Waals surface area contributed by atoms with Gasteiger partial charge < -0.3 is 5.32 Å². The lowest BCUT2D eigenvalue weighted by Crippen LogP contribution is -2.26. The number of halogens is 1. The first kappa shape index (κ1) is 23.9. The van der Waals surface area contributed by atoms with Crippen molar-refractivity contribution < 1.29 is 13.2 Å². The maximum Gasteiger partial charge on any atom is 0.230 e. The van der Waals surface area contributed by atoms with Crippen LogP contribution < -0.4 is 5.32 Å². The second-order valence-corrected chi connectivity index (χ2v) is 12.2. The van der Waals surface area contributed by atoms with Crippen LogP contribution in [0.4, 0.5) is 5.13 Å². The van der Waals surface area contributed by atoms with Crippen molar-refractivity contribution in [3.8, 4) is 0 Å². The molecular formula is C24H26ClN3O3S2. The summed E-state index contributed by atoms with van der Waals surface area (Å²) in [5.74, 6) is 0.191. The van der Waals surface area contributed by atoms with E-state index >= 15 is 0 Å². The fraction of sp³-hybridized carbons (Fsp3) is 0.333. The molecule has 0 saturated heterocycles. The van der Waals surface area contributed by atoms with Crippen molar-refractivity contribution in [2.75, 3.05) is 11.6 Å². The molecule has 0 radical (unpaired) electrons. The van der Waals surface area contributed by atoms with Gasteiger partial charge in [0, 0.05) is 29.2 Å². The number of hydrogen-bond acceptors (Lipinski definition) is 6. The molecule has 0 fully saturated rings. The van der Waals surface area contributed by atoms with E-state index in [9.17, 15) is 13.2 Å². The summed E-state index contributed by atoms with van der Waals surface area (Å²) in [4.78, 5) is 21.1. The summed E-state index contributed by atoms with van der Waals surface area (Å²) < 4.78 is 23.2. The number of amides is 1. The van der Waals surface area contributed by atoms with Gasteiger partial charge in [0.15, 0.2) is 15.0 Å². The molecule has 1 N–H and O–H groups in total. The molecule has 1 aromatic heterocycles. The molecule has 2 heterocycles. The molecule has 3 aromatic rings. The van der Waals surface area contributed by atoms with Crippen LogP contribution in [0.15, 0.2) is 53.4 Å². The van der Waals surface area contributed by atoms with Gasteiger partial charge in [0.25, 0.3) is 0 Å². The number of fused-ring (bicyclic) bond motifs is 1. The minimum atomic E-state index is -3.25. The second-order valence-electron chi connectivity index (χ2n) is 8.69. The molecule has 0 saturated carbocycles. The van der Waals surface area contributed by atoms with E-state index in [0.717, 1.165) is 35.6 Å². The summed E-state index contributed by atoms with van der Waals surface area (Å²) in [5.41, 5.74) is 2.94. The van der Waals surface area contributed by atoms with Crippen molar-refractivity contribution in [3.05, 3.63) is 75.3 Å². The van der Waals surface area contributed by atoms with Crippen LogP contribution in [0.1, 0.15) is 41.6 Å². The Kier molecular flexibility index (Phi) is 6.91. The third kappa shape index (κ3) is 5.63. The Morgan fingerprint density at radius 1 is 1.21 bits per heavy atom. The first-order valence-corrected chi connectivity index (χ1v) is 13.8. The van der Waals surface area contributed by atoms with Crippen molar-refractivity contribution in [2.45, 2.75) is 44.3 Å². The molecule has 1 atom stereocenters. The highest BCUT2D eigenvalue weighted by Gasteiger charge is 2.36. The molecule has 4 rings (SSSR count). The van der Waals surface area contributed by atoms with Crippen LogP contribution in [0.25, 0.3) is 0 Å². The van der Waals surface area contributed by atoms with Gasteiger partial charge in [-0.25, -0.2) is 13.4 Å². The van der Waals surface area contributed by atoms with E-state index in [1.807, 2.05) is 18.2 Å². The fourth-order valence-electron chi connectivity index (χ4n) is 4.18. The third-order valence-electron chi connectivity index (χ3n) is 5.62. The number of rotatable bonds is 7. The standard InChI is InChI=1S/C24H26ClN3O3S2/c1-15(2)23-22-20(14-28(23)13-17-5-4-6-18(25)11-17)32-24(27-22)26-21(29)12-16-7-9-19(10-8-16)33(3,30)31/h4-11,15,23H,12-14H2,1-3H3,(H,26,27,29)/t23-/m1/s1. The summed E-state index contributed by atoms with van der Waals surface area (Å²) in [6.07, 6.45) is 1.32. The number of carbonyl (C=O) groups excluding carboxylic acids is 1. The lowest BCUT2D eigenvalue weighted by molar-refractivity contribution is -0.115. The number of thiazole rings is 1. The molecule has 174 valence electrons. The Bertz CT molecular complexity index is 1270. The fourth-order valence-corrected chi connectivity index (χ4v) is 6.07. The van der Waals surface area contributed by atoms with Gasteiger partial charge in [0.2, 0.25) is 5.91 Å². The highest BCUT2D eigenvalue weighted by molar-refractivity contribution is 7.90. The van der Waals surface area contributed by atoms with Crippen molar-refractivity contribution >= 4 is 43.8 Å². The zero-order chi connectivity index (χ0) is 23.8. The van der Waals surface area contributed by atoms with E-state index < -0.39 is 9.84 Å². The molecule has 0 unspecified atom stereocenters. The molecule has 33 heavy (non-hydrogen) atoms. The predicted molar refractivity (Wildman–Crippen MR) is 132 cm³/mol. The lowest BCUT2D eigenvalue weighted by atomic mass is 10.0. The topological polar surface area (TPSA) is 79.4 Å². The molecule has 0 aliphatic carbocycles. The van der Waals surface area contributed by atoms with Gasteiger partial charge in [-0.3, -0.25) is 9.69 Å². The SMILES string of the molecule is CC(C)[C@@H]1c2nc(NC(=O)Cc3ccc(S(C)(=O)=O)cc3)sc2CN1Cc1cccc(Cl)c1. The molecule has 1 aliphatic heterocycles. The number of hydrogen-bond donors (Lipinski definition) is 1. The normalized spacial score (nSPS) is 16.2. The Hall–Kier alpha value is -2.26. The van der Waals surface area contributed by atoms with E-state index in [1.54, 1.807) is 12.1 Å². The minimum Gasteiger partial charge on any atom is -0.302 e. The van der Waals surface area contributed by atoms with Crippen molar-refractivity contribution in [1.29, 1.82) is 0 Å². The van der Waals surface area contributed by atoms with E-state index in [4.69, 9.17) is 16.6 Å². The smallest absolute Gasteiger partial charge is 0.230 e. The van der Waals surface area contributed by atoms with Crippen LogP contribution in [-0.2, 0) is 34.1 Å². The van der Waals surface area contributed by atoms with E-state index in [1.165, 1.54) is 33.9 Å². The zero-order valence-electron chi connectivity index (χ0n) is 18.7. The Morgan fingerprint density at radius 2 is 1.94 bits per heavy atom.